The van der Waals surface area contributed by atoms with Gasteiger partial charge in [0.05, 0.1) is 0 Å². The Labute approximate surface area is 89.1 Å². The standard InChI is InChI=1S/C12H15NO2/c1-8-6-10(4-5-11(8)14)13-12(15)7-9-2-3-9/h4-6,9,14H,2-3,7H2,1H3,(H,13,15). The van der Waals surface area contributed by atoms with Crippen LogP contribution in [0.5, 0.6) is 5.75 Å². The molecule has 0 heterocycles. The minimum Gasteiger partial charge on any atom is -0.508 e. The average Bonchev–Trinajstić information content (AvgIpc) is 2.95. The Hall–Kier alpha value is -1.51. The van der Waals surface area contributed by atoms with E-state index in [4.69, 9.17) is 0 Å². The minimum absolute atomic E-state index is 0.0718. The molecule has 0 aromatic heterocycles. The Morgan fingerprint density at radius 3 is 2.87 bits per heavy atom. The topological polar surface area (TPSA) is 49.3 Å². The van der Waals surface area contributed by atoms with Gasteiger partial charge in [-0.15, -0.1) is 0 Å². The molecule has 1 amide bonds. The van der Waals surface area contributed by atoms with Crippen LogP contribution < -0.4 is 5.32 Å². The number of nitrogens with one attached hydrogen (secondary N) is 1. The molecular formula is C12H15NO2. The van der Waals surface area contributed by atoms with Gasteiger partial charge >= 0.3 is 0 Å². The molecule has 1 aliphatic rings. The molecule has 0 saturated heterocycles. The fourth-order valence-corrected chi connectivity index (χ4v) is 1.53. The van der Waals surface area contributed by atoms with E-state index < -0.39 is 0 Å². The highest BCUT2D eigenvalue weighted by molar-refractivity contribution is 5.91. The lowest BCUT2D eigenvalue weighted by Crippen LogP contribution is -2.11. The summed E-state index contributed by atoms with van der Waals surface area (Å²) < 4.78 is 0. The molecule has 0 atom stereocenters. The van der Waals surface area contributed by atoms with Gasteiger partial charge in [0.25, 0.3) is 0 Å². The molecule has 0 radical (unpaired) electrons. The largest absolute Gasteiger partial charge is 0.508 e. The summed E-state index contributed by atoms with van der Waals surface area (Å²) in [4.78, 5) is 11.5. The molecule has 1 fully saturated rings. The van der Waals surface area contributed by atoms with Crippen molar-refractivity contribution in [1.29, 1.82) is 0 Å². The molecule has 0 unspecified atom stereocenters. The summed E-state index contributed by atoms with van der Waals surface area (Å²) in [6.45, 7) is 1.81. The van der Waals surface area contributed by atoms with Crippen LogP contribution in [0, 0.1) is 12.8 Å². The number of hydrogen-bond acceptors (Lipinski definition) is 2. The van der Waals surface area contributed by atoms with Gasteiger partial charge in [0, 0.05) is 12.1 Å². The van der Waals surface area contributed by atoms with Crippen molar-refractivity contribution in [1.82, 2.24) is 0 Å². The number of anilines is 1. The third-order valence-electron chi connectivity index (χ3n) is 2.65. The van der Waals surface area contributed by atoms with Crippen molar-refractivity contribution in [2.45, 2.75) is 26.2 Å². The Morgan fingerprint density at radius 1 is 1.53 bits per heavy atom. The van der Waals surface area contributed by atoms with Crippen LogP contribution in [0.4, 0.5) is 5.69 Å². The van der Waals surface area contributed by atoms with Crippen LogP contribution in [-0.4, -0.2) is 11.0 Å². The maximum atomic E-state index is 11.5. The van der Waals surface area contributed by atoms with Gasteiger partial charge in [0.1, 0.15) is 5.75 Å². The number of carbonyl (C=O) groups is 1. The molecule has 1 aromatic carbocycles. The van der Waals surface area contributed by atoms with E-state index in [1.165, 1.54) is 12.8 Å². The second-order valence-corrected chi connectivity index (χ2v) is 4.20. The van der Waals surface area contributed by atoms with Crippen LogP contribution in [-0.2, 0) is 4.79 Å². The molecule has 1 saturated carbocycles. The number of aryl methyl sites for hydroxylation is 1. The number of aromatic hydroxyl groups is 1. The lowest BCUT2D eigenvalue weighted by molar-refractivity contribution is -0.116. The molecule has 0 spiro atoms. The number of phenolic OH excluding ortho intramolecular Hbond substituents is 1. The smallest absolute Gasteiger partial charge is 0.224 e. The number of amides is 1. The van der Waals surface area contributed by atoms with Gasteiger partial charge in [-0.05, 0) is 49.4 Å². The molecule has 1 aliphatic carbocycles. The molecule has 1 aromatic rings. The molecule has 0 bridgehead atoms. The van der Waals surface area contributed by atoms with Crippen LogP contribution in [0.15, 0.2) is 18.2 Å². The third kappa shape index (κ3) is 2.72. The van der Waals surface area contributed by atoms with E-state index >= 15 is 0 Å². The van der Waals surface area contributed by atoms with E-state index in [0.29, 0.717) is 12.3 Å². The molecule has 80 valence electrons. The van der Waals surface area contributed by atoms with Gasteiger partial charge < -0.3 is 10.4 Å². The van der Waals surface area contributed by atoms with E-state index in [-0.39, 0.29) is 11.7 Å². The number of hydrogen-bond donors (Lipinski definition) is 2. The zero-order chi connectivity index (χ0) is 10.8. The first-order valence-electron chi connectivity index (χ1n) is 5.24. The number of carbonyl (C=O) groups excluding carboxylic acids is 1. The highest BCUT2D eigenvalue weighted by Gasteiger charge is 2.24. The first-order valence-corrected chi connectivity index (χ1v) is 5.24. The second-order valence-electron chi connectivity index (χ2n) is 4.20. The van der Waals surface area contributed by atoms with Gasteiger partial charge in [-0.3, -0.25) is 4.79 Å². The van der Waals surface area contributed by atoms with Crippen molar-refractivity contribution < 1.29 is 9.90 Å². The van der Waals surface area contributed by atoms with Crippen molar-refractivity contribution in [2.75, 3.05) is 5.32 Å². The highest BCUT2D eigenvalue weighted by Crippen LogP contribution is 2.32. The summed E-state index contributed by atoms with van der Waals surface area (Å²) in [5, 5.41) is 12.2. The number of rotatable bonds is 3. The van der Waals surface area contributed by atoms with Gasteiger partial charge in [-0.2, -0.15) is 0 Å². The van der Waals surface area contributed by atoms with E-state index in [0.717, 1.165) is 11.3 Å². The molecule has 2 rings (SSSR count). The maximum Gasteiger partial charge on any atom is 0.224 e. The third-order valence-corrected chi connectivity index (χ3v) is 2.65. The minimum atomic E-state index is 0.0718. The molecule has 3 heteroatoms. The quantitative estimate of drug-likeness (QED) is 0.744. The van der Waals surface area contributed by atoms with Gasteiger partial charge in [-0.1, -0.05) is 0 Å². The van der Waals surface area contributed by atoms with Crippen LogP contribution in [0.3, 0.4) is 0 Å². The van der Waals surface area contributed by atoms with Crippen molar-refractivity contribution in [2.24, 2.45) is 5.92 Å². The van der Waals surface area contributed by atoms with E-state index in [9.17, 15) is 9.90 Å². The van der Waals surface area contributed by atoms with E-state index in [1.807, 2.05) is 6.92 Å². The SMILES string of the molecule is Cc1cc(NC(=O)CC2CC2)ccc1O. The fourth-order valence-electron chi connectivity index (χ4n) is 1.53. The second kappa shape index (κ2) is 3.93. The Kier molecular flexibility index (Phi) is 2.62. The molecule has 0 aliphatic heterocycles. The van der Waals surface area contributed by atoms with Crippen molar-refractivity contribution in [3.63, 3.8) is 0 Å². The molecule has 15 heavy (non-hydrogen) atoms. The lowest BCUT2D eigenvalue weighted by atomic mass is 10.2. The average molecular weight is 205 g/mol. The first kappa shape index (κ1) is 10.0. The number of phenols is 1. The molecule has 3 nitrogen and oxygen atoms in total. The van der Waals surface area contributed by atoms with Crippen LogP contribution in [0.25, 0.3) is 0 Å². The van der Waals surface area contributed by atoms with Gasteiger partial charge in [-0.25, -0.2) is 0 Å². The van der Waals surface area contributed by atoms with Crippen molar-refractivity contribution >= 4 is 11.6 Å². The monoisotopic (exact) mass is 205 g/mol. The van der Waals surface area contributed by atoms with Gasteiger partial charge in [0.15, 0.2) is 0 Å². The van der Waals surface area contributed by atoms with Gasteiger partial charge in [0.2, 0.25) is 5.91 Å². The summed E-state index contributed by atoms with van der Waals surface area (Å²) >= 11 is 0. The van der Waals surface area contributed by atoms with E-state index in [1.54, 1.807) is 18.2 Å². The normalized spacial score (nSPS) is 15.0. The van der Waals surface area contributed by atoms with Crippen molar-refractivity contribution in [3.8, 4) is 5.75 Å². The summed E-state index contributed by atoms with van der Waals surface area (Å²) in [7, 11) is 0. The predicted octanol–water partition coefficient (Wildman–Crippen LogP) is 2.44. The maximum absolute atomic E-state index is 11.5. The zero-order valence-corrected chi connectivity index (χ0v) is 8.79. The lowest BCUT2D eigenvalue weighted by Gasteiger charge is -2.06. The Balaban J connectivity index is 1.97. The molecular weight excluding hydrogens is 190 g/mol. The first-order chi connectivity index (χ1) is 7.15. The Morgan fingerprint density at radius 2 is 2.27 bits per heavy atom. The van der Waals surface area contributed by atoms with Crippen LogP contribution >= 0.6 is 0 Å². The summed E-state index contributed by atoms with van der Waals surface area (Å²) in [6.07, 6.45) is 2.99. The summed E-state index contributed by atoms with van der Waals surface area (Å²) in [5.41, 5.74) is 1.54. The van der Waals surface area contributed by atoms with Crippen LogP contribution in [0.1, 0.15) is 24.8 Å². The predicted molar refractivity (Wildman–Crippen MR) is 58.8 cm³/mol. The molecule has 2 N–H and O–H groups in total. The summed E-state index contributed by atoms with van der Waals surface area (Å²) in [6, 6.07) is 5.09. The van der Waals surface area contributed by atoms with Crippen molar-refractivity contribution in [3.05, 3.63) is 23.8 Å². The summed E-state index contributed by atoms with van der Waals surface area (Å²) in [5.74, 6) is 0.931. The van der Waals surface area contributed by atoms with Crippen LogP contribution in [0.2, 0.25) is 0 Å². The fraction of sp³-hybridized carbons (Fsp3) is 0.417. The zero-order valence-electron chi connectivity index (χ0n) is 8.79. The highest BCUT2D eigenvalue weighted by atomic mass is 16.3. The number of benzene rings is 1. The van der Waals surface area contributed by atoms with E-state index in [2.05, 4.69) is 5.32 Å². The Bertz CT molecular complexity index is 383.